The third-order valence-electron chi connectivity index (χ3n) is 7.02. The van der Waals surface area contributed by atoms with E-state index in [1.165, 1.54) is 24.8 Å². The van der Waals surface area contributed by atoms with Gasteiger partial charge < -0.3 is 10.1 Å². The Balaban J connectivity index is 1.70. The van der Waals surface area contributed by atoms with E-state index in [9.17, 15) is 9.90 Å². The zero-order valence-electron chi connectivity index (χ0n) is 20.2. The zero-order valence-corrected chi connectivity index (χ0v) is 20.2. The van der Waals surface area contributed by atoms with Gasteiger partial charge in [-0.15, -0.1) is 5.10 Å². The van der Waals surface area contributed by atoms with Gasteiger partial charge >= 0.3 is 0 Å². The number of aliphatic hydroxyl groups excluding tert-OH is 1. The number of rotatable bonds is 8. The van der Waals surface area contributed by atoms with E-state index in [4.69, 9.17) is 0 Å². The molecule has 0 spiro atoms. The van der Waals surface area contributed by atoms with Crippen LogP contribution in [-0.4, -0.2) is 48.3 Å². The first-order chi connectivity index (χ1) is 15.9. The normalized spacial score (nSPS) is 16.2. The van der Waals surface area contributed by atoms with Crippen molar-refractivity contribution < 1.29 is 5.11 Å². The number of H-pyrrole nitrogens is 1. The van der Waals surface area contributed by atoms with E-state index in [2.05, 4.69) is 52.2 Å². The van der Waals surface area contributed by atoms with Crippen molar-refractivity contribution in [1.82, 2.24) is 30.1 Å². The lowest BCUT2D eigenvalue weighted by atomic mass is 9.94. The number of nitrogens with zero attached hydrogens (tertiary/aromatic N) is 5. The van der Waals surface area contributed by atoms with Gasteiger partial charge in [-0.2, -0.15) is 0 Å². The zero-order chi connectivity index (χ0) is 23.5. The molecule has 1 aliphatic carbocycles. The summed E-state index contributed by atoms with van der Waals surface area (Å²) in [6.45, 7) is 9.27. The molecule has 8 heteroatoms. The number of nitrogens with one attached hydrogen (secondary N) is 1. The van der Waals surface area contributed by atoms with Crippen LogP contribution >= 0.6 is 0 Å². The third kappa shape index (κ3) is 5.01. The Hall–Kier alpha value is -2.58. The Labute approximate surface area is 195 Å². The standard InChI is InChI=1S/C25H36N6O2/c1-16(2)23(24-27-28-29-31(24)21-8-6-5-7-9-21)30(10-11-32)15-20-14-19-12-17(3)18(4)13-22(19)26-25(20)33/h12-14,16,21,23,32H,5-11,15H2,1-4H3,(H,26,33). The van der Waals surface area contributed by atoms with Gasteiger partial charge in [0.05, 0.1) is 18.7 Å². The van der Waals surface area contributed by atoms with E-state index in [-0.39, 0.29) is 24.1 Å². The van der Waals surface area contributed by atoms with E-state index in [0.717, 1.165) is 35.1 Å². The molecule has 0 bridgehead atoms. The molecule has 33 heavy (non-hydrogen) atoms. The van der Waals surface area contributed by atoms with Crippen LogP contribution in [-0.2, 0) is 6.54 Å². The lowest BCUT2D eigenvalue weighted by molar-refractivity contribution is 0.103. The van der Waals surface area contributed by atoms with Gasteiger partial charge in [0.15, 0.2) is 5.82 Å². The minimum absolute atomic E-state index is 0.00198. The molecule has 0 amide bonds. The van der Waals surface area contributed by atoms with Crippen LogP contribution in [0, 0.1) is 19.8 Å². The van der Waals surface area contributed by atoms with Crippen LogP contribution in [0.5, 0.6) is 0 Å². The molecule has 178 valence electrons. The number of aryl methyl sites for hydroxylation is 2. The molecule has 4 rings (SSSR count). The van der Waals surface area contributed by atoms with E-state index in [1.807, 2.05) is 23.7 Å². The smallest absolute Gasteiger partial charge is 0.252 e. The molecule has 3 aromatic rings. The minimum atomic E-state index is -0.107. The molecule has 2 aromatic heterocycles. The lowest BCUT2D eigenvalue weighted by Crippen LogP contribution is -2.38. The van der Waals surface area contributed by atoms with E-state index in [1.54, 1.807) is 0 Å². The highest BCUT2D eigenvalue weighted by Gasteiger charge is 2.32. The first-order valence-corrected chi connectivity index (χ1v) is 12.1. The second kappa shape index (κ2) is 10.1. The molecule has 1 aliphatic rings. The predicted molar refractivity (Wildman–Crippen MR) is 129 cm³/mol. The Morgan fingerprint density at radius 1 is 1.15 bits per heavy atom. The summed E-state index contributed by atoms with van der Waals surface area (Å²) in [5, 5.41) is 23.7. The third-order valence-corrected chi connectivity index (χ3v) is 7.02. The maximum atomic E-state index is 13.0. The molecule has 0 aliphatic heterocycles. The van der Waals surface area contributed by atoms with Gasteiger partial charge in [-0.25, -0.2) is 4.68 Å². The van der Waals surface area contributed by atoms with E-state index in [0.29, 0.717) is 24.7 Å². The molecule has 1 unspecified atom stereocenters. The number of fused-ring (bicyclic) bond motifs is 1. The van der Waals surface area contributed by atoms with Crippen LogP contribution in [0.25, 0.3) is 10.9 Å². The predicted octanol–water partition coefficient (Wildman–Crippen LogP) is 3.83. The number of aromatic amines is 1. The summed E-state index contributed by atoms with van der Waals surface area (Å²) in [5.74, 6) is 1.03. The molecular weight excluding hydrogens is 416 g/mol. The van der Waals surface area contributed by atoms with Gasteiger partial charge in [0.2, 0.25) is 0 Å². The number of tetrazole rings is 1. The molecular formula is C25H36N6O2. The lowest BCUT2D eigenvalue weighted by Gasteiger charge is -2.34. The van der Waals surface area contributed by atoms with Crippen molar-refractivity contribution >= 4 is 10.9 Å². The highest BCUT2D eigenvalue weighted by atomic mass is 16.3. The van der Waals surface area contributed by atoms with Gasteiger partial charge in [0, 0.05) is 24.2 Å². The highest BCUT2D eigenvalue weighted by Crippen LogP contribution is 2.33. The van der Waals surface area contributed by atoms with E-state index >= 15 is 0 Å². The van der Waals surface area contributed by atoms with E-state index < -0.39 is 0 Å². The first-order valence-electron chi connectivity index (χ1n) is 12.1. The van der Waals surface area contributed by atoms with Crippen LogP contribution in [0.3, 0.4) is 0 Å². The number of pyridine rings is 1. The molecule has 2 heterocycles. The van der Waals surface area contributed by atoms with Crippen molar-refractivity contribution in [1.29, 1.82) is 0 Å². The molecule has 0 saturated heterocycles. The van der Waals surface area contributed by atoms with Crippen LogP contribution in [0.15, 0.2) is 23.0 Å². The molecule has 1 saturated carbocycles. The van der Waals surface area contributed by atoms with Gasteiger partial charge in [0.1, 0.15) is 0 Å². The van der Waals surface area contributed by atoms with Crippen molar-refractivity contribution in [2.24, 2.45) is 5.92 Å². The van der Waals surface area contributed by atoms with Crippen molar-refractivity contribution in [2.45, 2.75) is 78.4 Å². The Bertz CT molecular complexity index is 1150. The SMILES string of the molecule is Cc1cc2cc(CN(CCO)C(c3nnnn3C3CCCCC3)C(C)C)c(=O)[nH]c2cc1C. The monoisotopic (exact) mass is 452 g/mol. The summed E-state index contributed by atoms with van der Waals surface area (Å²) in [6.07, 6.45) is 5.84. The van der Waals surface area contributed by atoms with Crippen LogP contribution in [0.4, 0.5) is 0 Å². The fourth-order valence-electron chi connectivity index (χ4n) is 5.17. The maximum Gasteiger partial charge on any atom is 0.252 e. The quantitative estimate of drug-likeness (QED) is 0.539. The molecule has 1 fully saturated rings. The fraction of sp³-hybridized carbons (Fsp3) is 0.600. The molecule has 2 N–H and O–H groups in total. The first kappa shape index (κ1) is 23.6. The second-order valence-corrected chi connectivity index (χ2v) is 9.80. The van der Waals surface area contributed by atoms with Crippen molar-refractivity contribution in [2.75, 3.05) is 13.2 Å². The second-order valence-electron chi connectivity index (χ2n) is 9.80. The molecule has 1 atom stereocenters. The van der Waals surface area contributed by atoms with Crippen molar-refractivity contribution in [3.8, 4) is 0 Å². The fourth-order valence-corrected chi connectivity index (χ4v) is 5.17. The maximum absolute atomic E-state index is 13.0. The van der Waals surface area contributed by atoms with Crippen LogP contribution in [0.2, 0.25) is 0 Å². The molecule has 8 nitrogen and oxygen atoms in total. The number of aliphatic hydroxyl groups is 1. The summed E-state index contributed by atoms with van der Waals surface area (Å²) in [7, 11) is 0. The summed E-state index contributed by atoms with van der Waals surface area (Å²) in [5.41, 5.74) is 3.79. The van der Waals surface area contributed by atoms with Crippen molar-refractivity contribution in [3.63, 3.8) is 0 Å². The van der Waals surface area contributed by atoms with Crippen molar-refractivity contribution in [3.05, 3.63) is 51.1 Å². The van der Waals surface area contributed by atoms with Crippen LogP contribution in [0.1, 0.15) is 80.6 Å². The summed E-state index contributed by atoms with van der Waals surface area (Å²) in [4.78, 5) is 18.2. The highest BCUT2D eigenvalue weighted by molar-refractivity contribution is 5.80. The average Bonchev–Trinajstić information content (AvgIpc) is 3.25. The number of hydrogen-bond donors (Lipinski definition) is 2. The van der Waals surface area contributed by atoms with Gasteiger partial charge in [-0.05, 0) is 77.7 Å². The van der Waals surface area contributed by atoms with Gasteiger partial charge in [-0.3, -0.25) is 9.69 Å². The average molecular weight is 453 g/mol. The summed E-state index contributed by atoms with van der Waals surface area (Å²) in [6, 6.07) is 6.33. The number of hydrogen-bond acceptors (Lipinski definition) is 6. The largest absolute Gasteiger partial charge is 0.395 e. The number of aromatic nitrogens is 5. The Morgan fingerprint density at radius 3 is 2.58 bits per heavy atom. The number of benzene rings is 1. The van der Waals surface area contributed by atoms with Gasteiger partial charge in [0.25, 0.3) is 5.56 Å². The molecule has 1 aromatic carbocycles. The summed E-state index contributed by atoms with van der Waals surface area (Å²) < 4.78 is 2.00. The Morgan fingerprint density at radius 2 is 1.88 bits per heavy atom. The Kier molecular flexibility index (Phi) is 7.24. The topological polar surface area (TPSA) is 99.9 Å². The van der Waals surface area contributed by atoms with Gasteiger partial charge in [-0.1, -0.05) is 33.1 Å². The molecule has 0 radical (unpaired) electrons. The minimum Gasteiger partial charge on any atom is -0.395 e. The van der Waals surface area contributed by atoms with Crippen LogP contribution < -0.4 is 5.56 Å². The summed E-state index contributed by atoms with van der Waals surface area (Å²) >= 11 is 0.